The number of hydrogen-bond donors (Lipinski definition) is 0. The van der Waals surface area contributed by atoms with Crippen molar-refractivity contribution in [1.29, 1.82) is 0 Å². The molecule has 0 fully saturated rings. The van der Waals surface area contributed by atoms with Gasteiger partial charge in [0.25, 0.3) is 0 Å². The molecule has 14 heavy (non-hydrogen) atoms. The van der Waals surface area contributed by atoms with Crippen LogP contribution in [0, 0.1) is 6.92 Å². The van der Waals surface area contributed by atoms with Crippen LogP contribution >= 0.6 is 11.3 Å². The van der Waals surface area contributed by atoms with Crippen molar-refractivity contribution in [2.24, 2.45) is 4.99 Å². The molecule has 76 valence electrons. The Morgan fingerprint density at radius 1 is 1.43 bits per heavy atom. The molecular weight excluding hydrogens is 190 g/mol. The van der Waals surface area contributed by atoms with Crippen LogP contribution in [-0.2, 0) is 0 Å². The highest BCUT2D eigenvalue weighted by atomic mass is 32.1. The van der Waals surface area contributed by atoms with Gasteiger partial charge in [-0.2, -0.15) is 0 Å². The second-order valence-corrected chi connectivity index (χ2v) is 4.12. The normalized spacial score (nSPS) is 18.9. The Kier molecular flexibility index (Phi) is 4.60. The van der Waals surface area contributed by atoms with Crippen molar-refractivity contribution in [3.8, 4) is 0 Å². The monoisotopic (exact) mass is 207 g/mol. The lowest BCUT2D eigenvalue weighted by Crippen LogP contribution is -1.96. The summed E-state index contributed by atoms with van der Waals surface area (Å²) >= 11 is 1.82. The van der Waals surface area contributed by atoms with Gasteiger partial charge in [0.2, 0.25) is 0 Å². The number of allylic oxidation sites excluding steroid dienone is 1. The van der Waals surface area contributed by atoms with Crippen LogP contribution in [-0.4, -0.2) is 6.21 Å². The topological polar surface area (TPSA) is 12.4 Å². The number of thiophene rings is 1. The Labute approximate surface area is 90.2 Å². The molecule has 0 spiro atoms. The smallest absolute Gasteiger partial charge is 0.0230 e. The highest BCUT2D eigenvalue weighted by Gasteiger charge is 2.09. The second-order valence-electron chi connectivity index (χ2n) is 3.01. The summed E-state index contributed by atoms with van der Waals surface area (Å²) in [7, 11) is 0. The van der Waals surface area contributed by atoms with Gasteiger partial charge in [-0.25, -0.2) is 0 Å². The summed E-state index contributed by atoms with van der Waals surface area (Å²) in [5.41, 5.74) is 1.43. The molecule has 1 aromatic heterocycles. The number of aryl methyl sites for hydroxylation is 1. The average molecular weight is 207 g/mol. The first kappa shape index (κ1) is 11.2. The summed E-state index contributed by atoms with van der Waals surface area (Å²) in [6.07, 6.45) is 7.09. The van der Waals surface area contributed by atoms with E-state index < -0.39 is 0 Å². The average Bonchev–Trinajstić information content (AvgIpc) is 2.69. The van der Waals surface area contributed by atoms with Crippen LogP contribution < -0.4 is 0 Å². The van der Waals surface area contributed by atoms with E-state index in [4.69, 9.17) is 0 Å². The maximum Gasteiger partial charge on any atom is 0.0230 e. The molecule has 1 aliphatic rings. The van der Waals surface area contributed by atoms with E-state index in [-0.39, 0.29) is 0 Å². The Bertz CT molecular complexity index is 323. The first-order chi connectivity index (χ1) is 6.86. The number of hydrogen-bond acceptors (Lipinski definition) is 2. The van der Waals surface area contributed by atoms with Gasteiger partial charge in [0.1, 0.15) is 0 Å². The Balaban J connectivity index is 0.000000461. The van der Waals surface area contributed by atoms with Crippen LogP contribution in [0.25, 0.3) is 0 Å². The maximum atomic E-state index is 4.06. The number of rotatable bonds is 1. The van der Waals surface area contributed by atoms with E-state index in [1.54, 1.807) is 0 Å². The summed E-state index contributed by atoms with van der Waals surface area (Å²) in [5.74, 6) is 0.562. The van der Waals surface area contributed by atoms with Crippen LogP contribution in [0.3, 0.4) is 0 Å². The van der Waals surface area contributed by atoms with E-state index >= 15 is 0 Å². The van der Waals surface area contributed by atoms with E-state index in [2.05, 4.69) is 29.4 Å². The van der Waals surface area contributed by atoms with Crippen molar-refractivity contribution in [2.75, 3.05) is 0 Å². The number of nitrogens with zero attached hydrogens (tertiary/aromatic N) is 1. The molecule has 1 aliphatic heterocycles. The zero-order valence-corrected chi connectivity index (χ0v) is 9.84. The molecule has 0 aliphatic carbocycles. The molecule has 0 bridgehead atoms. The minimum Gasteiger partial charge on any atom is -0.269 e. The maximum absolute atomic E-state index is 4.06. The highest BCUT2D eigenvalue weighted by molar-refractivity contribution is 7.10. The van der Waals surface area contributed by atoms with E-state index in [0.29, 0.717) is 5.92 Å². The predicted molar refractivity (Wildman–Crippen MR) is 65.4 cm³/mol. The third kappa shape index (κ3) is 2.81. The molecule has 1 atom stereocenters. The second kappa shape index (κ2) is 5.76. The standard InChI is InChI=1S/C10H11NS.C2H6/c1-8-6-10(7-12-8)9-2-4-11-5-3-9;1-2/h2,4-7,9H,3H2,1H3;1-2H3. The lowest BCUT2D eigenvalue weighted by molar-refractivity contribution is 0.892. The Hall–Kier alpha value is -0.890. The Morgan fingerprint density at radius 3 is 2.71 bits per heavy atom. The third-order valence-corrected chi connectivity index (χ3v) is 2.93. The molecule has 1 aromatic rings. The van der Waals surface area contributed by atoms with Gasteiger partial charge in [-0.05, 0) is 30.4 Å². The molecular formula is C12H17NS. The van der Waals surface area contributed by atoms with Gasteiger partial charge in [0.05, 0.1) is 0 Å². The fourth-order valence-electron chi connectivity index (χ4n) is 1.37. The molecule has 1 unspecified atom stereocenters. The van der Waals surface area contributed by atoms with Crippen molar-refractivity contribution in [2.45, 2.75) is 33.1 Å². The molecule has 0 aromatic carbocycles. The van der Waals surface area contributed by atoms with E-state index in [1.807, 2.05) is 37.6 Å². The molecule has 2 rings (SSSR count). The SMILES string of the molecule is CC.Cc1cc(C2C=CN=CC2)cs1. The van der Waals surface area contributed by atoms with Gasteiger partial charge < -0.3 is 0 Å². The van der Waals surface area contributed by atoms with E-state index in [0.717, 1.165) is 6.42 Å². The minimum atomic E-state index is 0.562. The summed E-state index contributed by atoms with van der Waals surface area (Å²) in [6, 6.07) is 2.26. The van der Waals surface area contributed by atoms with Crippen LogP contribution in [0.15, 0.2) is 28.7 Å². The molecule has 0 saturated heterocycles. The van der Waals surface area contributed by atoms with Gasteiger partial charge in [-0.3, -0.25) is 4.99 Å². The van der Waals surface area contributed by atoms with Crippen molar-refractivity contribution in [3.63, 3.8) is 0 Å². The van der Waals surface area contributed by atoms with Crippen LogP contribution in [0.2, 0.25) is 0 Å². The van der Waals surface area contributed by atoms with Crippen molar-refractivity contribution in [3.05, 3.63) is 34.2 Å². The van der Waals surface area contributed by atoms with Crippen LogP contribution in [0.1, 0.15) is 36.6 Å². The first-order valence-electron chi connectivity index (χ1n) is 5.09. The molecule has 0 N–H and O–H groups in total. The molecule has 0 amide bonds. The van der Waals surface area contributed by atoms with E-state index in [1.165, 1.54) is 10.4 Å². The molecule has 0 saturated carbocycles. The molecule has 0 radical (unpaired) electrons. The zero-order chi connectivity index (χ0) is 10.4. The van der Waals surface area contributed by atoms with Gasteiger partial charge in [-0.1, -0.05) is 19.9 Å². The fraction of sp³-hybridized carbons (Fsp3) is 0.417. The summed E-state index contributed by atoms with van der Waals surface area (Å²) in [6.45, 7) is 6.15. The van der Waals surface area contributed by atoms with Crippen LogP contribution in [0.4, 0.5) is 0 Å². The van der Waals surface area contributed by atoms with Gasteiger partial charge in [0, 0.05) is 23.2 Å². The lowest BCUT2D eigenvalue weighted by Gasteiger charge is -2.09. The third-order valence-electron chi connectivity index (χ3n) is 2.05. The van der Waals surface area contributed by atoms with Gasteiger partial charge in [-0.15, -0.1) is 11.3 Å². The highest BCUT2D eigenvalue weighted by Crippen LogP contribution is 2.26. The van der Waals surface area contributed by atoms with E-state index in [9.17, 15) is 0 Å². The largest absolute Gasteiger partial charge is 0.269 e. The molecule has 1 nitrogen and oxygen atoms in total. The summed E-state index contributed by atoms with van der Waals surface area (Å²) in [4.78, 5) is 5.45. The van der Waals surface area contributed by atoms with Crippen molar-refractivity contribution in [1.82, 2.24) is 0 Å². The fourth-order valence-corrected chi connectivity index (χ4v) is 2.14. The first-order valence-corrected chi connectivity index (χ1v) is 5.97. The van der Waals surface area contributed by atoms with Gasteiger partial charge >= 0.3 is 0 Å². The number of aliphatic imine (C=N–C) groups is 1. The quantitative estimate of drug-likeness (QED) is 0.656. The van der Waals surface area contributed by atoms with Crippen molar-refractivity contribution >= 4 is 17.6 Å². The van der Waals surface area contributed by atoms with Crippen LogP contribution in [0.5, 0.6) is 0 Å². The van der Waals surface area contributed by atoms with Gasteiger partial charge in [0.15, 0.2) is 0 Å². The van der Waals surface area contributed by atoms with Crippen molar-refractivity contribution < 1.29 is 0 Å². The summed E-state index contributed by atoms with van der Waals surface area (Å²) in [5, 5.41) is 2.24. The predicted octanol–water partition coefficient (Wildman–Crippen LogP) is 4.15. The minimum absolute atomic E-state index is 0.562. The zero-order valence-electron chi connectivity index (χ0n) is 9.03. The molecule has 2 heterocycles. The summed E-state index contributed by atoms with van der Waals surface area (Å²) < 4.78 is 0. The Morgan fingerprint density at radius 2 is 2.21 bits per heavy atom. The lowest BCUT2D eigenvalue weighted by atomic mass is 9.98. The molecule has 2 heteroatoms.